The zero-order valence-corrected chi connectivity index (χ0v) is 15.3. The van der Waals surface area contributed by atoms with Crippen molar-refractivity contribution >= 4 is 23.4 Å². The number of benzene rings is 1. The molecule has 1 aromatic carbocycles. The van der Waals surface area contributed by atoms with Crippen molar-refractivity contribution in [1.29, 1.82) is 0 Å². The molecule has 5 nitrogen and oxygen atoms in total. The predicted molar refractivity (Wildman–Crippen MR) is 96.4 cm³/mol. The fourth-order valence-electron chi connectivity index (χ4n) is 3.99. The smallest absolute Gasteiger partial charge is 0.254 e. The molecule has 1 saturated heterocycles. The lowest BCUT2D eigenvalue weighted by Gasteiger charge is -2.38. The van der Waals surface area contributed by atoms with Crippen molar-refractivity contribution in [3.63, 3.8) is 0 Å². The number of aliphatic hydroxyl groups is 1. The molecule has 0 spiro atoms. The van der Waals surface area contributed by atoms with Gasteiger partial charge in [-0.2, -0.15) is 0 Å². The first-order valence-electron chi connectivity index (χ1n) is 8.92. The fraction of sp³-hybridized carbons (Fsp3) is 0.579. The monoisotopic (exact) mass is 364 g/mol. The first-order chi connectivity index (χ1) is 11.9. The van der Waals surface area contributed by atoms with Gasteiger partial charge in [0.1, 0.15) is 0 Å². The number of nitrogens with zero attached hydrogens (tertiary/aromatic N) is 1. The average Bonchev–Trinajstić information content (AvgIpc) is 3.03. The Morgan fingerprint density at radius 2 is 2.16 bits per heavy atom. The molecule has 25 heavy (non-hydrogen) atoms. The number of hydrogen-bond donors (Lipinski definition) is 2. The van der Waals surface area contributed by atoms with Crippen LogP contribution in [0.1, 0.15) is 50.5 Å². The predicted octanol–water partition coefficient (Wildman–Crippen LogP) is 2.47. The minimum atomic E-state index is -1.47. The van der Waals surface area contributed by atoms with Crippen LogP contribution in [0.15, 0.2) is 24.3 Å². The summed E-state index contributed by atoms with van der Waals surface area (Å²) >= 11 is 6.07. The van der Waals surface area contributed by atoms with Crippen molar-refractivity contribution in [2.24, 2.45) is 0 Å². The van der Waals surface area contributed by atoms with E-state index in [2.05, 4.69) is 11.4 Å². The molecule has 1 aliphatic carbocycles. The van der Waals surface area contributed by atoms with Crippen LogP contribution in [-0.2, 0) is 9.59 Å². The lowest BCUT2D eigenvalue weighted by Crippen LogP contribution is -2.59. The van der Waals surface area contributed by atoms with Crippen LogP contribution in [0.2, 0.25) is 5.02 Å². The number of likely N-dealkylation sites (tertiary alicyclic amines) is 1. The zero-order valence-electron chi connectivity index (χ0n) is 14.5. The van der Waals surface area contributed by atoms with E-state index < -0.39 is 5.60 Å². The standard InChI is InChI=1S/C19H25ClN2O3/c1-13(23)22-9-3-8-19(25,12-22)18(24)21-17-7-6-15(11-17)14-4-2-5-16(20)10-14/h2,4-5,10,15,17,25H,3,6-9,11-12H2,1H3,(H,21,24). The molecule has 2 fully saturated rings. The summed E-state index contributed by atoms with van der Waals surface area (Å²) in [7, 11) is 0. The van der Waals surface area contributed by atoms with E-state index in [1.807, 2.05) is 18.2 Å². The second-order valence-electron chi connectivity index (χ2n) is 7.31. The Morgan fingerprint density at radius 1 is 1.36 bits per heavy atom. The maximum Gasteiger partial charge on any atom is 0.254 e. The zero-order chi connectivity index (χ0) is 18.0. The van der Waals surface area contributed by atoms with Gasteiger partial charge in [-0.05, 0) is 55.7 Å². The number of amides is 2. The van der Waals surface area contributed by atoms with Gasteiger partial charge in [0.25, 0.3) is 5.91 Å². The number of halogens is 1. The van der Waals surface area contributed by atoms with Crippen LogP contribution in [0.25, 0.3) is 0 Å². The second-order valence-corrected chi connectivity index (χ2v) is 7.75. The molecule has 1 heterocycles. The summed E-state index contributed by atoms with van der Waals surface area (Å²) in [6, 6.07) is 7.91. The first-order valence-corrected chi connectivity index (χ1v) is 9.29. The van der Waals surface area contributed by atoms with E-state index in [-0.39, 0.29) is 24.4 Å². The van der Waals surface area contributed by atoms with Crippen LogP contribution in [0.5, 0.6) is 0 Å². The number of carbonyl (C=O) groups excluding carboxylic acids is 2. The molecule has 3 unspecified atom stereocenters. The van der Waals surface area contributed by atoms with E-state index in [1.165, 1.54) is 12.5 Å². The van der Waals surface area contributed by atoms with Crippen molar-refractivity contribution < 1.29 is 14.7 Å². The molecule has 3 atom stereocenters. The summed E-state index contributed by atoms with van der Waals surface area (Å²) in [5.41, 5.74) is -0.277. The SMILES string of the molecule is CC(=O)N1CCCC(O)(C(=O)NC2CCC(c3cccc(Cl)c3)C2)C1. The van der Waals surface area contributed by atoms with Crippen LogP contribution in [0.4, 0.5) is 0 Å². The topological polar surface area (TPSA) is 69.6 Å². The molecule has 2 N–H and O–H groups in total. The Morgan fingerprint density at radius 3 is 2.88 bits per heavy atom. The van der Waals surface area contributed by atoms with Crippen molar-refractivity contribution in [3.8, 4) is 0 Å². The van der Waals surface area contributed by atoms with Gasteiger partial charge in [0.05, 0.1) is 6.54 Å². The Kier molecular flexibility index (Phi) is 5.35. The lowest BCUT2D eigenvalue weighted by atomic mass is 9.91. The molecular formula is C19H25ClN2O3. The van der Waals surface area contributed by atoms with Crippen LogP contribution in [0.3, 0.4) is 0 Å². The normalized spacial score (nSPS) is 29.5. The van der Waals surface area contributed by atoms with Gasteiger partial charge in [0, 0.05) is 24.5 Å². The van der Waals surface area contributed by atoms with E-state index in [4.69, 9.17) is 11.6 Å². The molecule has 1 aromatic rings. The Hall–Kier alpha value is -1.59. The van der Waals surface area contributed by atoms with Crippen molar-refractivity contribution in [1.82, 2.24) is 10.2 Å². The highest BCUT2D eigenvalue weighted by Gasteiger charge is 2.42. The van der Waals surface area contributed by atoms with Gasteiger partial charge >= 0.3 is 0 Å². The molecule has 136 valence electrons. The largest absolute Gasteiger partial charge is 0.378 e. The average molecular weight is 365 g/mol. The van der Waals surface area contributed by atoms with Gasteiger partial charge in [-0.15, -0.1) is 0 Å². The first kappa shape index (κ1) is 18.2. The Labute approximate surface area is 153 Å². The Balaban J connectivity index is 1.59. The van der Waals surface area contributed by atoms with E-state index in [0.717, 1.165) is 24.3 Å². The molecule has 0 bridgehead atoms. The second kappa shape index (κ2) is 7.34. The molecule has 0 radical (unpaired) electrons. The third kappa shape index (κ3) is 4.15. The van der Waals surface area contributed by atoms with Gasteiger partial charge in [0.2, 0.25) is 5.91 Å². The quantitative estimate of drug-likeness (QED) is 0.865. The molecule has 0 aromatic heterocycles. The highest BCUT2D eigenvalue weighted by atomic mass is 35.5. The number of piperidine rings is 1. The number of rotatable bonds is 3. The highest BCUT2D eigenvalue weighted by molar-refractivity contribution is 6.30. The van der Waals surface area contributed by atoms with Crippen molar-refractivity contribution in [3.05, 3.63) is 34.9 Å². The maximum absolute atomic E-state index is 12.6. The number of carbonyl (C=O) groups is 2. The summed E-state index contributed by atoms with van der Waals surface area (Å²) in [6.07, 6.45) is 3.75. The molecule has 1 saturated carbocycles. The summed E-state index contributed by atoms with van der Waals surface area (Å²) in [5, 5.41) is 14.4. The van der Waals surface area contributed by atoms with E-state index >= 15 is 0 Å². The summed E-state index contributed by atoms with van der Waals surface area (Å²) < 4.78 is 0. The Bertz CT molecular complexity index is 666. The molecule has 6 heteroatoms. The van der Waals surface area contributed by atoms with Crippen LogP contribution < -0.4 is 5.32 Å². The van der Waals surface area contributed by atoms with Gasteiger partial charge in [0.15, 0.2) is 5.60 Å². The molecular weight excluding hydrogens is 340 g/mol. The third-order valence-corrected chi connectivity index (χ3v) is 5.66. The molecule has 2 aliphatic rings. The van der Waals surface area contributed by atoms with Gasteiger partial charge in [-0.25, -0.2) is 0 Å². The minimum Gasteiger partial charge on any atom is -0.378 e. The van der Waals surface area contributed by atoms with Gasteiger partial charge in [-0.1, -0.05) is 23.7 Å². The van der Waals surface area contributed by atoms with E-state index in [1.54, 1.807) is 4.90 Å². The maximum atomic E-state index is 12.6. The number of β-amino-alcohol motifs (C(OH)–C–C–N with tert-alkyl or cyclic N) is 1. The van der Waals surface area contributed by atoms with Gasteiger partial charge < -0.3 is 15.3 Å². The summed E-state index contributed by atoms with van der Waals surface area (Å²) in [6.45, 7) is 2.15. The van der Waals surface area contributed by atoms with Crippen molar-refractivity contribution in [2.75, 3.05) is 13.1 Å². The summed E-state index contributed by atoms with van der Waals surface area (Å²) in [4.78, 5) is 25.7. The van der Waals surface area contributed by atoms with Crippen LogP contribution in [-0.4, -0.2) is 46.6 Å². The van der Waals surface area contributed by atoms with Crippen molar-refractivity contribution in [2.45, 2.75) is 56.6 Å². The van der Waals surface area contributed by atoms with E-state index in [0.29, 0.717) is 25.3 Å². The number of nitrogens with one attached hydrogen (secondary N) is 1. The summed E-state index contributed by atoms with van der Waals surface area (Å²) in [5.74, 6) is -0.0817. The minimum absolute atomic E-state index is 0.0493. The third-order valence-electron chi connectivity index (χ3n) is 5.43. The molecule has 1 aliphatic heterocycles. The molecule has 2 amide bonds. The highest BCUT2D eigenvalue weighted by Crippen LogP contribution is 2.35. The van der Waals surface area contributed by atoms with Crippen LogP contribution >= 0.6 is 11.6 Å². The molecule has 3 rings (SSSR count). The van der Waals surface area contributed by atoms with Crippen LogP contribution in [0, 0.1) is 0 Å². The lowest BCUT2D eigenvalue weighted by molar-refractivity contribution is -0.151. The van der Waals surface area contributed by atoms with E-state index in [9.17, 15) is 14.7 Å². The fourth-order valence-corrected chi connectivity index (χ4v) is 4.18. The number of hydrogen-bond acceptors (Lipinski definition) is 3. The van der Waals surface area contributed by atoms with Gasteiger partial charge in [-0.3, -0.25) is 9.59 Å².